The molecule has 2 saturated heterocycles. The minimum Gasteiger partial charge on any atom is -0.458 e. The number of cyclic esters (lactones) is 1. The SMILES string of the molecule is C/C(=C\c1csc(C)n1)[C@@H]1C[C@@H]2OC(=O)NC2CCCC(C)[C@H](O)C(C)C(=O)C(C)(C)C(O)CC(=O)O1. The zero-order valence-corrected chi connectivity index (χ0v) is 23.3. The maximum atomic E-state index is 13.2. The summed E-state index contributed by atoms with van der Waals surface area (Å²) in [7, 11) is 0. The van der Waals surface area contributed by atoms with E-state index in [2.05, 4.69) is 10.3 Å². The topological polar surface area (TPSA) is 135 Å². The monoisotopic (exact) mass is 536 g/mol. The molecule has 0 bridgehead atoms. The van der Waals surface area contributed by atoms with Crippen LogP contribution in [0.4, 0.5) is 4.79 Å². The van der Waals surface area contributed by atoms with Gasteiger partial charge in [-0.1, -0.05) is 34.1 Å². The third kappa shape index (κ3) is 7.18. The maximum absolute atomic E-state index is 13.2. The number of thiazole rings is 1. The van der Waals surface area contributed by atoms with Gasteiger partial charge in [0, 0.05) is 17.7 Å². The van der Waals surface area contributed by atoms with Gasteiger partial charge < -0.3 is 25.0 Å². The van der Waals surface area contributed by atoms with Crippen molar-refractivity contribution in [3.8, 4) is 0 Å². The zero-order chi connectivity index (χ0) is 27.5. The van der Waals surface area contributed by atoms with Crippen LogP contribution in [0.25, 0.3) is 6.08 Å². The summed E-state index contributed by atoms with van der Waals surface area (Å²) in [6.07, 6.45) is -0.257. The van der Waals surface area contributed by atoms with E-state index < -0.39 is 47.8 Å². The molecule has 2 aliphatic heterocycles. The average molecular weight is 537 g/mol. The van der Waals surface area contributed by atoms with Crippen molar-refractivity contribution in [1.82, 2.24) is 10.3 Å². The second-order valence-corrected chi connectivity index (χ2v) is 12.1. The summed E-state index contributed by atoms with van der Waals surface area (Å²) in [6.45, 7) is 10.5. The predicted molar refractivity (Wildman–Crippen MR) is 140 cm³/mol. The lowest BCUT2D eigenvalue weighted by atomic mass is 9.73. The highest BCUT2D eigenvalue weighted by atomic mass is 32.1. The van der Waals surface area contributed by atoms with Gasteiger partial charge in [0.15, 0.2) is 0 Å². The number of esters is 1. The number of aliphatic hydroxyl groups excluding tert-OH is 2. The third-order valence-electron chi connectivity index (χ3n) is 7.76. The molecular formula is C27H40N2O7S. The Balaban J connectivity index is 1.91. The van der Waals surface area contributed by atoms with E-state index in [4.69, 9.17) is 9.47 Å². The maximum Gasteiger partial charge on any atom is 0.407 e. The molecule has 7 atom stereocenters. The molecule has 2 aliphatic rings. The van der Waals surface area contributed by atoms with Crippen LogP contribution < -0.4 is 5.32 Å². The molecule has 0 aliphatic carbocycles. The van der Waals surface area contributed by atoms with Crippen LogP contribution in [0.3, 0.4) is 0 Å². The van der Waals surface area contributed by atoms with E-state index in [-0.39, 0.29) is 30.6 Å². The molecule has 10 heteroatoms. The largest absolute Gasteiger partial charge is 0.458 e. The van der Waals surface area contributed by atoms with E-state index >= 15 is 0 Å². The summed E-state index contributed by atoms with van der Waals surface area (Å²) in [4.78, 5) is 42.8. The first-order chi connectivity index (χ1) is 17.3. The van der Waals surface area contributed by atoms with Crippen LogP contribution in [-0.2, 0) is 19.1 Å². The van der Waals surface area contributed by atoms with Gasteiger partial charge in [-0.15, -0.1) is 11.3 Å². The highest BCUT2D eigenvalue weighted by Gasteiger charge is 2.43. The van der Waals surface area contributed by atoms with E-state index in [0.29, 0.717) is 19.3 Å². The van der Waals surface area contributed by atoms with Gasteiger partial charge in [0.05, 0.1) is 40.8 Å². The number of rotatable bonds is 2. The molecule has 3 N–H and O–H groups in total. The molecule has 0 saturated carbocycles. The smallest absolute Gasteiger partial charge is 0.407 e. The Morgan fingerprint density at radius 3 is 2.54 bits per heavy atom. The number of ether oxygens (including phenoxy) is 2. The molecule has 0 spiro atoms. The summed E-state index contributed by atoms with van der Waals surface area (Å²) in [5.74, 6) is -1.85. The second-order valence-electron chi connectivity index (χ2n) is 11.1. The number of alkyl carbamates (subject to hydrolysis) is 1. The molecule has 3 heterocycles. The van der Waals surface area contributed by atoms with Crippen molar-refractivity contribution in [2.75, 3.05) is 0 Å². The lowest BCUT2D eigenvalue weighted by Gasteiger charge is -2.34. The standard InChI is InChI=1S/C27H40N2O7S/c1-14-8-7-9-19-21(36-26(34)29-19)11-20(15(2)10-18-13-37-17(4)28-18)35-23(31)12-22(30)27(5,6)25(33)16(3)24(14)32/h10,13-14,16,19-22,24,30,32H,7-9,11-12H2,1-6H3,(H,29,34)/b15-10+/t14?,16?,19?,20-,21-,22?,24-/m0/s1. The van der Waals surface area contributed by atoms with Crippen molar-refractivity contribution in [3.05, 3.63) is 21.7 Å². The van der Waals surface area contributed by atoms with Crippen LogP contribution in [0.15, 0.2) is 11.0 Å². The first-order valence-electron chi connectivity index (χ1n) is 13.0. The van der Waals surface area contributed by atoms with E-state index in [0.717, 1.165) is 16.3 Å². The Morgan fingerprint density at radius 1 is 1.19 bits per heavy atom. The first-order valence-corrected chi connectivity index (χ1v) is 13.8. The van der Waals surface area contributed by atoms with Crippen LogP contribution in [0.1, 0.15) is 77.4 Å². The molecule has 9 nitrogen and oxygen atoms in total. The summed E-state index contributed by atoms with van der Waals surface area (Å²) in [5.41, 5.74) is 0.219. The molecule has 1 amide bonds. The van der Waals surface area contributed by atoms with Crippen molar-refractivity contribution < 1.29 is 34.1 Å². The summed E-state index contributed by atoms with van der Waals surface area (Å²) >= 11 is 1.51. The molecule has 0 aromatic carbocycles. The van der Waals surface area contributed by atoms with Gasteiger partial charge in [-0.25, -0.2) is 9.78 Å². The normalized spacial score (nSPS) is 34.3. The molecule has 0 radical (unpaired) electrons. The fourth-order valence-electron chi connectivity index (χ4n) is 5.13. The van der Waals surface area contributed by atoms with Crippen molar-refractivity contribution in [2.24, 2.45) is 17.3 Å². The number of hydrogen-bond donors (Lipinski definition) is 3. The van der Waals surface area contributed by atoms with Crippen LogP contribution >= 0.6 is 11.3 Å². The number of hydrogen-bond acceptors (Lipinski definition) is 9. The van der Waals surface area contributed by atoms with Crippen molar-refractivity contribution >= 4 is 35.3 Å². The number of nitrogens with one attached hydrogen (secondary N) is 1. The Labute approximate surface area is 222 Å². The first kappa shape index (κ1) is 29.3. The molecule has 2 fully saturated rings. The number of ketones is 1. The van der Waals surface area contributed by atoms with Gasteiger partial charge in [0.1, 0.15) is 18.0 Å². The second kappa shape index (κ2) is 12.0. The minimum absolute atomic E-state index is 0.166. The number of carbonyl (C=O) groups excluding carboxylic acids is 3. The van der Waals surface area contributed by atoms with Gasteiger partial charge in [-0.2, -0.15) is 0 Å². The fraction of sp³-hybridized carbons (Fsp3) is 0.704. The predicted octanol–water partition coefficient (Wildman–Crippen LogP) is 3.80. The Bertz CT molecular complexity index is 1020. The van der Waals surface area contributed by atoms with E-state index in [1.54, 1.807) is 20.8 Å². The number of Topliss-reactive ketones (excluding diaryl/α,β-unsaturated/α-hetero) is 1. The molecule has 3 rings (SSSR count). The number of carbonyl (C=O) groups is 3. The summed E-state index contributed by atoms with van der Waals surface area (Å²) in [6, 6.07) is -0.274. The number of aliphatic hydroxyl groups is 2. The van der Waals surface area contributed by atoms with Gasteiger partial charge >= 0.3 is 12.1 Å². The van der Waals surface area contributed by atoms with Crippen LogP contribution in [0, 0.1) is 24.2 Å². The quantitative estimate of drug-likeness (QED) is 0.486. The Kier molecular flexibility index (Phi) is 9.52. The Hall–Kier alpha value is -2.30. The molecule has 37 heavy (non-hydrogen) atoms. The molecule has 4 unspecified atom stereocenters. The molecular weight excluding hydrogens is 496 g/mol. The number of nitrogens with zero attached hydrogens (tertiary/aromatic N) is 1. The lowest BCUT2D eigenvalue weighted by Crippen LogP contribution is -2.46. The number of fused-ring (bicyclic) bond motifs is 1. The average Bonchev–Trinajstić information content (AvgIpc) is 3.40. The number of amides is 1. The van der Waals surface area contributed by atoms with E-state index in [1.165, 1.54) is 11.3 Å². The van der Waals surface area contributed by atoms with Crippen LogP contribution in [0.2, 0.25) is 0 Å². The summed E-state index contributed by atoms with van der Waals surface area (Å²) < 4.78 is 11.4. The van der Waals surface area contributed by atoms with E-state index in [1.807, 2.05) is 32.2 Å². The molecule has 206 valence electrons. The van der Waals surface area contributed by atoms with Crippen LogP contribution in [0.5, 0.6) is 0 Å². The fourth-order valence-corrected chi connectivity index (χ4v) is 5.70. The van der Waals surface area contributed by atoms with Crippen LogP contribution in [-0.4, -0.2) is 63.5 Å². The minimum atomic E-state index is -1.30. The number of aryl methyl sites for hydroxylation is 1. The van der Waals surface area contributed by atoms with Gasteiger partial charge in [0.2, 0.25) is 0 Å². The van der Waals surface area contributed by atoms with Gasteiger partial charge in [-0.05, 0) is 44.3 Å². The third-order valence-corrected chi connectivity index (χ3v) is 8.55. The zero-order valence-electron chi connectivity index (χ0n) is 22.5. The molecule has 1 aromatic heterocycles. The Morgan fingerprint density at radius 2 is 1.89 bits per heavy atom. The highest BCUT2D eigenvalue weighted by molar-refractivity contribution is 7.09. The lowest BCUT2D eigenvalue weighted by molar-refractivity contribution is -0.155. The van der Waals surface area contributed by atoms with E-state index in [9.17, 15) is 24.6 Å². The van der Waals surface area contributed by atoms with Crippen molar-refractivity contribution in [3.63, 3.8) is 0 Å². The highest BCUT2D eigenvalue weighted by Crippen LogP contribution is 2.33. The van der Waals surface area contributed by atoms with Crippen molar-refractivity contribution in [1.29, 1.82) is 0 Å². The number of aromatic nitrogens is 1. The molecule has 1 aromatic rings. The summed E-state index contributed by atoms with van der Waals surface area (Å²) in [5, 5.41) is 27.4. The van der Waals surface area contributed by atoms with Gasteiger partial charge in [-0.3, -0.25) is 9.59 Å². The van der Waals surface area contributed by atoms with Crippen molar-refractivity contribution in [2.45, 2.75) is 104 Å². The van der Waals surface area contributed by atoms with Gasteiger partial charge in [0.25, 0.3) is 0 Å².